The van der Waals surface area contributed by atoms with Crippen LogP contribution in [0.25, 0.3) is 0 Å². The first-order valence-corrected chi connectivity index (χ1v) is 8.69. The van der Waals surface area contributed by atoms with Crippen LogP contribution < -0.4 is 9.47 Å². The van der Waals surface area contributed by atoms with Gasteiger partial charge < -0.3 is 19.1 Å². The van der Waals surface area contributed by atoms with Crippen LogP contribution in [0.1, 0.15) is 35.2 Å². The van der Waals surface area contributed by atoms with E-state index in [-0.39, 0.29) is 17.8 Å². The van der Waals surface area contributed by atoms with Crippen molar-refractivity contribution >= 4 is 11.9 Å². The van der Waals surface area contributed by atoms with Crippen molar-refractivity contribution in [1.82, 2.24) is 4.90 Å². The maximum Gasteiger partial charge on any atom is 0.409 e. The van der Waals surface area contributed by atoms with Gasteiger partial charge in [-0.1, -0.05) is 0 Å². The molecule has 0 spiro atoms. The number of benzene rings is 1. The summed E-state index contributed by atoms with van der Waals surface area (Å²) in [6.45, 7) is 1.40. The summed E-state index contributed by atoms with van der Waals surface area (Å²) < 4.78 is 15.4. The van der Waals surface area contributed by atoms with Gasteiger partial charge in [0.25, 0.3) is 0 Å². The second kappa shape index (κ2) is 7.33. The average Bonchev–Trinajstić information content (AvgIpc) is 2.95. The first-order valence-electron chi connectivity index (χ1n) is 8.69. The summed E-state index contributed by atoms with van der Waals surface area (Å²) in [5.74, 6) is 1.95. The molecule has 6 nitrogen and oxygen atoms in total. The highest BCUT2D eigenvalue weighted by molar-refractivity contribution is 6.02. The third-order valence-corrected chi connectivity index (χ3v) is 5.38. The molecule has 0 radical (unpaired) electrons. The van der Waals surface area contributed by atoms with Crippen LogP contribution in [0.4, 0.5) is 4.79 Å². The lowest BCUT2D eigenvalue weighted by molar-refractivity contribution is 0.0867. The first-order chi connectivity index (χ1) is 12.1. The Morgan fingerprint density at radius 2 is 1.76 bits per heavy atom. The molecule has 1 fully saturated rings. The van der Waals surface area contributed by atoms with Gasteiger partial charge >= 0.3 is 6.09 Å². The lowest BCUT2D eigenvalue weighted by Gasteiger charge is -2.31. The van der Waals surface area contributed by atoms with Gasteiger partial charge in [0.2, 0.25) is 0 Å². The van der Waals surface area contributed by atoms with E-state index in [0.717, 1.165) is 36.8 Å². The van der Waals surface area contributed by atoms with Crippen molar-refractivity contribution in [2.75, 3.05) is 34.4 Å². The van der Waals surface area contributed by atoms with Gasteiger partial charge in [-0.2, -0.15) is 0 Å². The molecule has 1 saturated heterocycles. The molecule has 25 heavy (non-hydrogen) atoms. The second-order valence-corrected chi connectivity index (χ2v) is 6.77. The highest BCUT2D eigenvalue weighted by atomic mass is 16.5. The van der Waals surface area contributed by atoms with Crippen molar-refractivity contribution in [2.24, 2.45) is 11.8 Å². The predicted octanol–water partition coefficient (Wildman–Crippen LogP) is 2.93. The molecule has 0 saturated carbocycles. The fourth-order valence-electron chi connectivity index (χ4n) is 3.97. The molecule has 6 heteroatoms. The third kappa shape index (κ3) is 3.43. The molecule has 1 amide bonds. The molecule has 3 rings (SSSR count). The fourth-order valence-corrected chi connectivity index (χ4v) is 3.97. The Balaban J connectivity index is 1.64. The number of methoxy groups -OCH3 is 3. The van der Waals surface area contributed by atoms with Gasteiger partial charge in [-0.15, -0.1) is 0 Å². The molecule has 1 aliphatic carbocycles. The standard InChI is InChI=1S/C19H25NO5/c1-23-16-10-13-9-14(18(21)15(13)11-17(16)24-2)8-12-4-6-20(7-5-12)19(22)25-3/h10-12,14H,4-9H2,1-3H3/t14-/m1/s1. The minimum Gasteiger partial charge on any atom is -0.493 e. The van der Waals surface area contributed by atoms with Crippen LogP contribution in [0.2, 0.25) is 0 Å². The number of fused-ring (bicyclic) bond motifs is 1. The number of hydrogen-bond acceptors (Lipinski definition) is 5. The number of carbonyl (C=O) groups excluding carboxylic acids is 2. The Hall–Kier alpha value is -2.24. The molecule has 0 bridgehead atoms. The first kappa shape index (κ1) is 17.6. The normalized spacial score (nSPS) is 20.4. The topological polar surface area (TPSA) is 65.1 Å². The van der Waals surface area contributed by atoms with Gasteiger partial charge in [0.15, 0.2) is 17.3 Å². The van der Waals surface area contributed by atoms with E-state index in [1.165, 1.54) is 7.11 Å². The van der Waals surface area contributed by atoms with E-state index < -0.39 is 0 Å². The Kier molecular flexibility index (Phi) is 5.16. The van der Waals surface area contributed by atoms with Crippen molar-refractivity contribution in [3.05, 3.63) is 23.3 Å². The number of ether oxygens (including phenoxy) is 3. The Labute approximate surface area is 148 Å². The van der Waals surface area contributed by atoms with Gasteiger partial charge in [-0.05, 0) is 49.3 Å². The van der Waals surface area contributed by atoms with Crippen LogP contribution in [0, 0.1) is 11.8 Å². The molecular weight excluding hydrogens is 322 g/mol. The predicted molar refractivity (Wildman–Crippen MR) is 92.4 cm³/mol. The van der Waals surface area contributed by atoms with Crippen LogP contribution >= 0.6 is 0 Å². The SMILES string of the molecule is COC(=O)N1CCC(C[C@@H]2Cc3cc(OC)c(OC)cc3C2=O)CC1. The molecule has 1 aromatic carbocycles. The van der Waals surface area contributed by atoms with Crippen LogP contribution in [0.15, 0.2) is 12.1 Å². The highest BCUT2D eigenvalue weighted by Crippen LogP contribution is 2.39. The summed E-state index contributed by atoms with van der Waals surface area (Å²) in [6, 6.07) is 3.72. The minimum absolute atomic E-state index is 0.0153. The van der Waals surface area contributed by atoms with Gasteiger partial charge in [0.1, 0.15) is 0 Å². The fraction of sp³-hybridized carbons (Fsp3) is 0.579. The van der Waals surface area contributed by atoms with Crippen molar-refractivity contribution in [2.45, 2.75) is 25.7 Å². The molecular formula is C19H25NO5. The van der Waals surface area contributed by atoms with Gasteiger partial charge in [0.05, 0.1) is 21.3 Å². The summed E-state index contributed by atoms with van der Waals surface area (Å²) in [6.07, 6.45) is 3.20. The van der Waals surface area contributed by atoms with Crippen LogP contribution in [-0.4, -0.2) is 51.2 Å². The third-order valence-electron chi connectivity index (χ3n) is 5.38. The minimum atomic E-state index is -0.262. The molecule has 1 heterocycles. The van der Waals surface area contributed by atoms with Crippen molar-refractivity contribution in [3.63, 3.8) is 0 Å². The Bertz CT molecular complexity index is 664. The monoisotopic (exact) mass is 347 g/mol. The second-order valence-electron chi connectivity index (χ2n) is 6.77. The van der Waals surface area contributed by atoms with E-state index in [4.69, 9.17) is 14.2 Å². The van der Waals surface area contributed by atoms with E-state index in [0.29, 0.717) is 30.5 Å². The molecule has 0 N–H and O–H groups in total. The number of rotatable bonds is 4. The smallest absolute Gasteiger partial charge is 0.409 e. The number of nitrogens with zero attached hydrogens (tertiary/aromatic N) is 1. The highest BCUT2D eigenvalue weighted by Gasteiger charge is 2.35. The van der Waals surface area contributed by atoms with Crippen molar-refractivity contribution in [1.29, 1.82) is 0 Å². The Morgan fingerprint density at radius 3 is 2.36 bits per heavy atom. The van der Waals surface area contributed by atoms with Gasteiger partial charge in [-0.25, -0.2) is 4.79 Å². The number of hydrogen-bond donors (Lipinski definition) is 0. The van der Waals surface area contributed by atoms with E-state index in [1.807, 2.05) is 6.07 Å². The van der Waals surface area contributed by atoms with E-state index in [1.54, 1.807) is 25.2 Å². The quantitative estimate of drug-likeness (QED) is 0.838. The number of piperidine rings is 1. The van der Waals surface area contributed by atoms with Crippen LogP contribution in [-0.2, 0) is 11.2 Å². The largest absolute Gasteiger partial charge is 0.493 e. The molecule has 1 aromatic rings. The van der Waals surface area contributed by atoms with Crippen LogP contribution in [0.5, 0.6) is 11.5 Å². The molecule has 1 atom stereocenters. The summed E-state index contributed by atoms with van der Waals surface area (Å²) >= 11 is 0. The maximum atomic E-state index is 12.8. The summed E-state index contributed by atoms with van der Waals surface area (Å²) in [5.41, 5.74) is 1.80. The molecule has 2 aliphatic rings. The summed E-state index contributed by atoms with van der Waals surface area (Å²) in [5, 5.41) is 0. The van der Waals surface area contributed by atoms with Crippen molar-refractivity contribution in [3.8, 4) is 11.5 Å². The average molecular weight is 347 g/mol. The molecule has 1 aliphatic heterocycles. The zero-order chi connectivity index (χ0) is 18.0. The Morgan fingerprint density at radius 1 is 1.12 bits per heavy atom. The maximum absolute atomic E-state index is 12.8. The number of carbonyl (C=O) groups is 2. The van der Waals surface area contributed by atoms with E-state index in [9.17, 15) is 9.59 Å². The van der Waals surface area contributed by atoms with E-state index in [2.05, 4.69) is 0 Å². The van der Waals surface area contributed by atoms with Gasteiger partial charge in [0, 0.05) is 24.6 Å². The van der Waals surface area contributed by atoms with E-state index >= 15 is 0 Å². The lowest BCUT2D eigenvalue weighted by atomic mass is 9.85. The zero-order valence-electron chi connectivity index (χ0n) is 15.0. The molecule has 0 aromatic heterocycles. The molecule has 136 valence electrons. The van der Waals surface area contributed by atoms with Gasteiger partial charge in [-0.3, -0.25) is 4.79 Å². The number of likely N-dealkylation sites (tertiary alicyclic amines) is 1. The number of ketones is 1. The summed E-state index contributed by atoms with van der Waals surface area (Å²) in [7, 11) is 4.59. The number of amides is 1. The zero-order valence-corrected chi connectivity index (χ0v) is 15.0. The number of Topliss-reactive ketones (excluding diaryl/α,β-unsaturated/α-hetero) is 1. The summed E-state index contributed by atoms with van der Waals surface area (Å²) in [4.78, 5) is 26.1. The van der Waals surface area contributed by atoms with Crippen LogP contribution in [0.3, 0.4) is 0 Å². The lowest BCUT2D eigenvalue weighted by Crippen LogP contribution is -2.38. The molecule has 0 unspecified atom stereocenters. The van der Waals surface area contributed by atoms with Crippen molar-refractivity contribution < 1.29 is 23.8 Å².